The number of benzene rings is 2. The maximum Gasteiger partial charge on any atom is 0.0491 e. The lowest BCUT2D eigenvalue weighted by atomic mass is 10.1. The molecular weight excluding hydrogens is 294 g/mol. The molecule has 3 nitrogen and oxygen atoms in total. The van der Waals surface area contributed by atoms with Crippen molar-refractivity contribution in [3.05, 3.63) is 48.5 Å². The van der Waals surface area contributed by atoms with Crippen LogP contribution in [0.5, 0.6) is 0 Å². The van der Waals surface area contributed by atoms with Gasteiger partial charge in [-0.1, -0.05) is 36.4 Å². The van der Waals surface area contributed by atoms with E-state index in [0.29, 0.717) is 12.1 Å². The van der Waals surface area contributed by atoms with Crippen molar-refractivity contribution < 1.29 is 0 Å². The molecule has 0 unspecified atom stereocenters. The number of aryl methyl sites for hydroxylation is 1. The predicted octanol–water partition coefficient (Wildman–Crippen LogP) is 3.87. The Balaban J connectivity index is 1.56. The number of hydrogen-bond donors (Lipinski definition) is 1. The fraction of sp³-hybridized carbons (Fsp3) is 0.429. The van der Waals surface area contributed by atoms with Crippen molar-refractivity contribution in [3.8, 4) is 0 Å². The van der Waals surface area contributed by atoms with Crippen molar-refractivity contribution in [1.82, 2.24) is 14.8 Å². The highest BCUT2D eigenvalue weighted by Gasteiger charge is 2.21. The van der Waals surface area contributed by atoms with Gasteiger partial charge in [0.05, 0.1) is 0 Å². The zero-order valence-corrected chi connectivity index (χ0v) is 14.7. The lowest BCUT2D eigenvalue weighted by molar-refractivity contribution is 0.143. The Morgan fingerprint density at radius 2 is 1.54 bits per heavy atom. The van der Waals surface area contributed by atoms with E-state index in [-0.39, 0.29) is 0 Å². The molecule has 3 aromatic rings. The molecule has 126 valence electrons. The maximum absolute atomic E-state index is 3.57. The lowest BCUT2D eigenvalue weighted by Crippen LogP contribution is -2.54. The van der Waals surface area contributed by atoms with Gasteiger partial charge in [0.25, 0.3) is 0 Å². The number of piperazine rings is 1. The van der Waals surface area contributed by atoms with Crippen LogP contribution in [0.4, 0.5) is 0 Å². The number of nitrogens with zero attached hydrogens (tertiary/aromatic N) is 2. The second-order valence-corrected chi connectivity index (χ2v) is 7.19. The van der Waals surface area contributed by atoms with Crippen LogP contribution in [0.3, 0.4) is 0 Å². The average Bonchev–Trinajstić information content (AvgIpc) is 2.93. The molecule has 4 rings (SSSR count). The molecule has 2 atom stereocenters. The molecular formula is C21H27N3. The Labute approximate surface area is 144 Å². The van der Waals surface area contributed by atoms with Gasteiger partial charge in [0.2, 0.25) is 0 Å². The van der Waals surface area contributed by atoms with E-state index in [1.54, 1.807) is 0 Å². The lowest BCUT2D eigenvalue weighted by Gasteiger charge is -2.37. The summed E-state index contributed by atoms with van der Waals surface area (Å²) in [5.74, 6) is 0. The van der Waals surface area contributed by atoms with Gasteiger partial charge in [0.15, 0.2) is 0 Å². The van der Waals surface area contributed by atoms with Crippen molar-refractivity contribution in [2.45, 2.75) is 38.9 Å². The molecule has 1 aliphatic heterocycles. The molecule has 1 fully saturated rings. The number of para-hydroxylation sites is 2. The Morgan fingerprint density at radius 3 is 2.21 bits per heavy atom. The quantitative estimate of drug-likeness (QED) is 0.787. The number of aromatic nitrogens is 1. The summed E-state index contributed by atoms with van der Waals surface area (Å²) in [6.45, 7) is 9.14. The van der Waals surface area contributed by atoms with Crippen molar-refractivity contribution in [1.29, 1.82) is 0 Å². The third kappa shape index (κ3) is 2.83. The van der Waals surface area contributed by atoms with Gasteiger partial charge in [0, 0.05) is 60.1 Å². The second-order valence-electron chi connectivity index (χ2n) is 7.19. The summed E-state index contributed by atoms with van der Waals surface area (Å²) in [7, 11) is 0. The zero-order valence-electron chi connectivity index (χ0n) is 14.7. The van der Waals surface area contributed by atoms with E-state index in [2.05, 4.69) is 77.2 Å². The van der Waals surface area contributed by atoms with E-state index in [1.165, 1.54) is 34.8 Å². The smallest absolute Gasteiger partial charge is 0.0491 e. The van der Waals surface area contributed by atoms with Gasteiger partial charge >= 0.3 is 0 Å². The molecule has 0 spiro atoms. The molecule has 0 bridgehead atoms. The molecule has 2 aromatic carbocycles. The average molecular weight is 321 g/mol. The fourth-order valence-electron chi connectivity index (χ4n) is 4.08. The first-order valence-electron chi connectivity index (χ1n) is 9.17. The van der Waals surface area contributed by atoms with Gasteiger partial charge in [-0.25, -0.2) is 0 Å². The minimum Gasteiger partial charge on any atom is -0.340 e. The standard InChI is InChI=1S/C21H27N3/c1-16-15-23(17(2)14-22-16)12-7-13-24-20-10-5-3-8-18(20)19-9-4-6-11-21(19)24/h3-6,8-11,16-17,22H,7,12-15H2,1-2H3/t16-,17-/m0/s1. The fourth-order valence-corrected chi connectivity index (χ4v) is 4.08. The monoisotopic (exact) mass is 321 g/mol. The summed E-state index contributed by atoms with van der Waals surface area (Å²) in [6, 6.07) is 18.8. The maximum atomic E-state index is 3.57. The highest BCUT2D eigenvalue weighted by molar-refractivity contribution is 6.07. The number of hydrogen-bond acceptors (Lipinski definition) is 2. The van der Waals surface area contributed by atoms with Crippen LogP contribution in [-0.2, 0) is 6.54 Å². The van der Waals surface area contributed by atoms with Crippen LogP contribution in [-0.4, -0.2) is 41.2 Å². The van der Waals surface area contributed by atoms with Crippen LogP contribution in [0.25, 0.3) is 21.8 Å². The molecule has 24 heavy (non-hydrogen) atoms. The van der Waals surface area contributed by atoms with Crippen LogP contribution >= 0.6 is 0 Å². The minimum atomic E-state index is 0.606. The first-order chi connectivity index (χ1) is 11.7. The van der Waals surface area contributed by atoms with Gasteiger partial charge in [-0.05, 0) is 32.4 Å². The van der Waals surface area contributed by atoms with E-state index < -0.39 is 0 Å². The van der Waals surface area contributed by atoms with Crippen LogP contribution in [0, 0.1) is 0 Å². The second kappa shape index (κ2) is 6.58. The van der Waals surface area contributed by atoms with Crippen LogP contribution in [0.2, 0.25) is 0 Å². The van der Waals surface area contributed by atoms with Crippen LogP contribution < -0.4 is 5.32 Å². The van der Waals surface area contributed by atoms with Gasteiger partial charge in [-0.3, -0.25) is 4.90 Å². The topological polar surface area (TPSA) is 20.2 Å². The first-order valence-corrected chi connectivity index (χ1v) is 9.17. The Morgan fingerprint density at radius 1 is 0.917 bits per heavy atom. The molecule has 1 saturated heterocycles. The van der Waals surface area contributed by atoms with E-state index in [0.717, 1.165) is 19.6 Å². The van der Waals surface area contributed by atoms with Gasteiger partial charge < -0.3 is 9.88 Å². The van der Waals surface area contributed by atoms with Gasteiger partial charge in [-0.2, -0.15) is 0 Å². The SMILES string of the molecule is C[C@H]1CN(CCCn2c3ccccc3c3ccccc32)[C@@H](C)CN1. The normalized spacial score (nSPS) is 22.4. The molecule has 0 saturated carbocycles. The molecule has 0 amide bonds. The first kappa shape index (κ1) is 15.7. The third-order valence-corrected chi connectivity index (χ3v) is 5.40. The number of fused-ring (bicyclic) bond motifs is 3. The predicted molar refractivity (Wildman–Crippen MR) is 103 cm³/mol. The van der Waals surface area contributed by atoms with Crippen molar-refractivity contribution >= 4 is 21.8 Å². The van der Waals surface area contributed by atoms with Crippen LogP contribution in [0.15, 0.2) is 48.5 Å². The summed E-state index contributed by atoms with van der Waals surface area (Å²) in [5, 5.41) is 6.31. The summed E-state index contributed by atoms with van der Waals surface area (Å²) >= 11 is 0. The van der Waals surface area contributed by atoms with E-state index in [9.17, 15) is 0 Å². The Bertz CT molecular complexity index is 782. The highest BCUT2D eigenvalue weighted by Crippen LogP contribution is 2.28. The molecule has 0 aliphatic carbocycles. The summed E-state index contributed by atoms with van der Waals surface area (Å²) in [4.78, 5) is 2.63. The van der Waals surface area contributed by atoms with E-state index >= 15 is 0 Å². The van der Waals surface area contributed by atoms with Crippen LogP contribution in [0.1, 0.15) is 20.3 Å². The van der Waals surface area contributed by atoms with Crippen molar-refractivity contribution in [2.24, 2.45) is 0 Å². The summed E-state index contributed by atoms with van der Waals surface area (Å²) in [6.07, 6.45) is 1.19. The highest BCUT2D eigenvalue weighted by atomic mass is 15.2. The molecule has 1 aliphatic rings. The Hall–Kier alpha value is -1.84. The zero-order chi connectivity index (χ0) is 16.5. The molecule has 3 heteroatoms. The van der Waals surface area contributed by atoms with Gasteiger partial charge in [-0.15, -0.1) is 0 Å². The summed E-state index contributed by atoms with van der Waals surface area (Å²) in [5.41, 5.74) is 2.72. The molecule has 1 N–H and O–H groups in total. The number of nitrogens with one attached hydrogen (secondary N) is 1. The molecule has 2 heterocycles. The van der Waals surface area contributed by atoms with E-state index in [1.807, 2.05) is 0 Å². The molecule has 1 aromatic heterocycles. The third-order valence-electron chi connectivity index (χ3n) is 5.40. The van der Waals surface area contributed by atoms with E-state index in [4.69, 9.17) is 0 Å². The minimum absolute atomic E-state index is 0.606. The summed E-state index contributed by atoms with van der Waals surface area (Å²) < 4.78 is 2.50. The number of rotatable bonds is 4. The largest absolute Gasteiger partial charge is 0.340 e. The Kier molecular flexibility index (Phi) is 4.30. The van der Waals surface area contributed by atoms with Gasteiger partial charge in [0.1, 0.15) is 0 Å². The molecule has 0 radical (unpaired) electrons. The van der Waals surface area contributed by atoms with Crippen molar-refractivity contribution in [3.63, 3.8) is 0 Å². The van der Waals surface area contributed by atoms with Crippen molar-refractivity contribution in [2.75, 3.05) is 19.6 Å².